The van der Waals surface area contributed by atoms with E-state index < -0.39 is 29.2 Å². The minimum absolute atomic E-state index is 0.0351. The summed E-state index contributed by atoms with van der Waals surface area (Å²) < 4.78 is 29.9. The fourth-order valence-corrected chi connectivity index (χ4v) is 4.12. The van der Waals surface area contributed by atoms with Gasteiger partial charge in [-0.2, -0.15) is 10.2 Å². The molecule has 1 aliphatic heterocycles. The number of nitrogens with zero attached hydrogens (tertiary/aromatic N) is 4. The first-order chi connectivity index (χ1) is 14.5. The second kappa shape index (κ2) is 6.70. The van der Waals surface area contributed by atoms with Gasteiger partial charge in [0, 0.05) is 30.2 Å². The van der Waals surface area contributed by atoms with Crippen LogP contribution in [0.5, 0.6) is 0 Å². The lowest BCUT2D eigenvalue weighted by molar-refractivity contribution is 0.560. The van der Waals surface area contributed by atoms with Crippen LogP contribution in [-0.4, -0.2) is 25.0 Å². The zero-order chi connectivity index (χ0) is 21.0. The summed E-state index contributed by atoms with van der Waals surface area (Å²) in [5, 5.41) is 14.9. The number of H-pyrrole nitrogens is 1. The summed E-state index contributed by atoms with van der Waals surface area (Å²) in [5.74, 6) is -0.846. The van der Waals surface area contributed by atoms with Gasteiger partial charge < -0.3 is 11.1 Å². The Bertz CT molecular complexity index is 1350. The molecule has 0 unspecified atom stereocenters. The van der Waals surface area contributed by atoms with E-state index in [2.05, 4.69) is 25.6 Å². The van der Waals surface area contributed by atoms with E-state index in [0.29, 0.717) is 28.2 Å². The van der Waals surface area contributed by atoms with E-state index in [9.17, 15) is 13.6 Å². The highest BCUT2D eigenvalue weighted by Gasteiger charge is 2.38. The Labute approximate surface area is 168 Å². The summed E-state index contributed by atoms with van der Waals surface area (Å²) in [6, 6.07) is 6.69. The van der Waals surface area contributed by atoms with Crippen molar-refractivity contribution in [2.24, 2.45) is 12.8 Å². The molecule has 2 atom stereocenters. The highest BCUT2D eigenvalue weighted by molar-refractivity contribution is 5.97. The Morgan fingerprint density at radius 2 is 2.07 bits per heavy atom. The summed E-state index contributed by atoms with van der Waals surface area (Å²) in [6.07, 6.45) is 1.42. The molecule has 1 aliphatic rings. The lowest BCUT2D eigenvalue weighted by atomic mass is 9.83. The van der Waals surface area contributed by atoms with Gasteiger partial charge in [0.15, 0.2) is 0 Å². The number of benzene rings is 2. The SMILES string of the molecule is Cn1ncnc1[C@H]1c2n[nH]c(=O)c3cc(F)cc(c23)N[C@@H]1c1ccc(F)c(CN)c1. The fraction of sp³-hybridized carbons (Fsp3) is 0.200. The molecule has 2 aromatic heterocycles. The lowest BCUT2D eigenvalue weighted by Gasteiger charge is -2.34. The number of halogens is 2. The van der Waals surface area contributed by atoms with Gasteiger partial charge in [-0.05, 0) is 29.8 Å². The van der Waals surface area contributed by atoms with Gasteiger partial charge in [-0.3, -0.25) is 9.48 Å². The molecule has 3 heterocycles. The molecule has 0 aliphatic carbocycles. The van der Waals surface area contributed by atoms with Crippen molar-refractivity contribution in [1.29, 1.82) is 0 Å². The van der Waals surface area contributed by atoms with Crippen LogP contribution in [0.4, 0.5) is 14.5 Å². The van der Waals surface area contributed by atoms with Crippen molar-refractivity contribution in [2.75, 3.05) is 5.32 Å². The van der Waals surface area contributed by atoms with Gasteiger partial charge in [-0.25, -0.2) is 18.9 Å². The summed E-state index contributed by atoms with van der Waals surface area (Å²) in [6.45, 7) is 0.0351. The molecule has 0 bridgehead atoms. The molecule has 4 aromatic rings. The Hall–Kier alpha value is -3.66. The molecule has 8 nitrogen and oxygen atoms in total. The monoisotopic (exact) mass is 409 g/mol. The minimum atomic E-state index is -0.551. The maximum absolute atomic E-state index is 14.2. The Kier molecular flexibility index (Phi) is 4.10. The smallest absolute Gasteiger partial charge is 0.272 e. The molecule has 0 amide bonds. The third-order valence-corrected chi connectivity index (χ3v) is 5.49. The molecule has 10 heteroatoms. The van der Waals surface area contributed by atoms with Crippen LogP contribution < -0.4 is 16.6 Å². The van der Waals surface area contributed by atoms with E-state index in [1.54, 1.807) is 23.9 Å². The van der Waals surface area contributed by atoms with Crippen molar-refractivity contribution in [3.63, 3.8) is 0 Å². The van der Waals surface area contributed by atoms with Crippen molar-refractivity contribution in [2.45, 2.75) is 18.5 Å². The second-order valence-corrected chi connectivity index (χ2v) is 7.21. The van der Waals surface area contributed by atoms with Gasteiger partial charge in [-0.15, -0.1) is 0 Å². The molecule has 0 fully saturated rings. The van der Waals surface area contributed by atoms with E-state index in [1.807, 2.05) is 0 Å². The summed E-state index contributed by atoms with van der Waals surface area (Å²) in [5.41, 5.74) is 7.24. The van der Waals surface area contributed by atoms with E-state index in [0.717, 1.165) is 5.56 Å². The minimum Gasteiger partial charge on any atom is -0.376 e. The van der Waals surface area contributed by atoms with E-state index in [-0.39, 0.29) is 11.9 Å². The molecular formula is C20H17F2N7O. The van der Waals surface area contributed by atoms with Crippen LogP contribution >= 0.6 is 0 Å². The first kappa shape index (κ1) is 18.4. The summed E-state index contributed by atoms with van der Waals surface area (Å²) in [4.78, 5) is 16.7. The fourth-order valence-electron chi connectivity index (χ4n) is 4.12. The number of nitrogens with two attached hydrogens (primary N) is 1. The Morgan fingerprint density at radius 3 is 2.80 bits per heavy atom. The van der Waals surface area contributed by atoms with Crippen molar-refractivity contribution >= 4 is 16.5 Å². The number of nitrogens with one attached hydrogen (secondary N) is 2. The first-order valence-corrected chi connectivity index (χ1v) is 9.28. The Morgan fingerprint density at radius 1 is 1.23 bits per heavy atom. The van der Waals surface area contributed by atoms with Crippen molar-refractivity contribution < 1.29 is 8.78 Å². The Balaban J connectivity index is 1.81. The number of aromatic amines is 1. The number of aryl methyl sites for hydroxylation is 1. The van der Waals surface area contributed by atoms with E-state index in [4.69, 9.17) is 5.73 Å². The van der Waals surface area contributed by atoms with Crippen LogP contribution in [0.25, 0.3) is 10.8 Å². The number of hydrogen-bond donors (Lipinski definition) is 3. The van der Waals surface area contributed by atoms with Crippen LogP contribution in [0, 0.1) is 11.6 Å². The standard InChI is InChI=1S/C20H17F2N7O/c1-29-19(24-8-25-29)16-17(9-2-3-13(22)10(4-9)7-23)26-14-6-11(21)5-12-15(14)18(16)27-28-20(12)30/h2-6,8,16-17,26H,7,23H2,1H3,(H,28,30)/t16-,17-/m1/s1. The van der Waals surface area contributed by atoms with Crippen LogP contribution in [0.2, 0.25) is 0 Å². The maximum Gasteiger partial charge on any atom is 0.272 e. The maximum atomic E-state index is 14.2. The molecule has 0 saturated heterocycles. The normalized spacial score (nSPS) is 17.9. The molecule has 5 rings (SSSR count). The lowest BCUT2D eigenvalue weighted by Crippen LogP contribution is -2.30. The zero-order valence-corrected chi connectivity index (χ0v) is 15.9. The van der Waals surface area contributed by atoms with Gasteiger partial charge in [0.05, 0.1) is 23.0 Å². The van der Waals surface area contributed by atoms with Crippen LogP contribution in [-0.2, 0) is 13.6 Å². The molecule has 30 heavy (non-hydrogen) atoms. The number of hydrogen-bond acceptors (Lipinski definition) is 6. The number of aromatic nitrogens is 5. The van der Waals surface area contributed by atoms with Crippen molar-refractivity contribution in [3.05, 3.63) is 81.3 Å². The van der Waals surface area contributed by atoms with Crippen LogP contribution in [0.15, 0.2) is 41.5 Å². The van der Waals surface area contributed by atoms with Gasteiger partial charge in [0.2, 0.25) is 0 Å². The van der Waals surface area contributed by atoms with Gasteiger partial charge >= 0.3 is 0 Å². The third kappa shape index (κ3) is 2.68. The van der Waals surface area contributed by atoms with Gasteiger partial charge in [-0.1, -0.05) is 6.07 Å². The molecule has 0 radical (unpaired) electrons. The molecule has 4 N–H and O–H groups in total. The molecular weight excluding hydrogens is 392 g/mol. The average molecular weight is 409 g/mol. The van der Waals surface area contributed by atoms with Gasteiger partial charge in [0.25, 0.3) is 5.56 Å². The number of rotatable bonds is 3. The molecule has 0 spiro atoms. The van der Waals surface area contributed by atoms with Crippen molar-refractivity contribution in [1.82, 2.24) is 25.0 Å². The van der Waals surface area contributed by atoms with Crippen LogP contribution in [0.3, 0.4) is 0 Å². The topological polar surface area (TPSA) is 115 Å². The molecule has 0 saturated carbocycles. The van der Waals surface area contributed by atoms with E-state index in [1.165, 1.54) is 24.5 Å². The van der Waals surface area contributed by atoms with Gasteiger partial charge in [0.1, 0.15) is 23.8 Å². The predicted molar refractivity (Wildman–Crippen MR) is 106 cm³/mol. The summed E-state index contributed by atoms with van der Waals surface area (Å²) >= 11 is 0. The number of anilines is 1. The largest absolute Gasteiger partial charge is 0.376 e. The highest BCUT2D eigenvalue weighted by Crippen LogP contribution is 2.46. The second-order valence-electron chi connectivity index (χ2n) is 7.21. The third-order valence-electron chi connectivity index (χ3n) is 5.49. The molecule has 152 valence electrons. The first-order valence-electron chi connectivity index (χ1n) is 9.28. The van der Waals surface area contributed by atoms with Crippen molar-refractivity contribution in [3.8, 4) is 0 Å². The van der Waals surface area contributed by atoms with Crippen LogP contribution in [0.1, 0.15) is 34.6 Å². The predicted octanol–water partition coefficient (Wildman–Crippen LogP) is 2.09. The van der Waals surface area contributed by atoms with E-state index >= 15 is 0 Å². The highest BCUT2D eigenvalue weighted by atomic mass is 19.1. The summed E-state index contributed by atoms with van der Waals surface area (Å²) in [7, 11) is 1.75. The quantitative estimate of drug-likeness (QED) is 0.477. The molecule has 2 aromatic carbocycles. The zero-order valence-electron chi connectivity index (χ0n) is 15.9. The average Bonchev–Trinajstić information content (AvgIpc) is 3.15.